The standard InChI is InChI=1S/C18H18ClNO2/c19-16-8-4-2-6-14(16)11-17(21)20-12-18(22)10-9-13-5-1-3-7-15(13)18/h1-8,22H,9-12H2,(H,20,21). The maximum Gasteiger partial charge on any atom is 0.224 e. The van der Waals surface area contributed by atoms with Crippen molar-refractivity contribution in [2.75, 3.05) is 6.54 Å². The smallest absolute Gasteiger partial charge is 0.224 e. The predicted molar refractivity (Wildman–Crippen MR) is 86.8 cm³/mol. The van der Waals surface area contributed by atoms with Crippen molar-refractivity contribution in [3.8, 4) is 0 Å². The van der Waals surface area contributed by atoms with E-state index in [1.165, 1.54) is 0 Å². The lowest BCUT2D eigenvalue weighted by Crippen LogP contribution is -2.39. The highest BCUT2D eigenvalue weighted by Crippen LogP contribution is 2.36. The van der Waals surface area contributed by atoms with Crippen molar-refractivity contribution in [1.29, 1.82) is 0 Å². The molecule has 0 saturated heterocycles. The summed E-state index contributed by atoms with van der Waals surface area (Å²) in [6.45, 7) is 0.229. The molecule has 0 saturated carbocycles. The molecule has 0 heterocycles. The predicted octanol–water partition coefficient (Wildman–Crippen LogP) is 2.83. The zero-order valence-corrected chi connectivity index (χ0v) is 12.9. The molecule has 0 bridgehead atoms. The molecular weight excluding hydrogens is 298 g/mol. The van der Waals surface area contributed by atoms with Crippen LogP contribution in [0.4, 0.5) is 0 Å². The fourth-order valence-electron chi connectivity index (χ4n) is 2.97. The van der Waals surface area contributed by atoms with Crippen molar-refractivity contribution in [3.63, 3.8) is 0 Å². The molecule has 0 spiro atoms. The molecule has 1 amide bonds. The van der Waals surface area contributed by atoms with Crippen molar-refractivity contribution in [1.82, 2.24) is 5.32 Å². The summed E-state index contributed by atoms with van der Waals surface area (Å²) in [5.41, 5.74) is 1.91. The van der Waals surface area contributed by atoms with Crippen LogP contribution in [0.3, 0.4) is 0 Å². The van der Waals surface area contributed by atoms with Gasteiger partial charge in [0, 0.05) is 5.02 Å². The van der Waals surface area contributed by atoms with Crippen LogP contribution in [0.25, 0.3) is 0 Å². The summed E-state index contributed by atoms with van der Waals surface area (Å²) < 4.78 is 0. The average Bonchev–Trinajstić information content (AvgIpc) is 2.86. The SMILES string of the molecule is O=C(Cc1ccccc1Cl)NCC1(O)CCc2ccccc21. The van der Waals surface area contributed by atoms with Crippen LogP contribution < -0.4 is 5.32 Å². The van der Waals surface area contributed by atoms with E-state index in [9.17, 15) is 9.90 Å². The topological polar surface area (TPSA) is 49.3 Å². The summed E-state index contributed by atoms with van der Waals surface area (Å²) in [7, 11) is 0. The summed E-state index contributed by atoms with van der Waals surface area (Å²) in [6.07, 6.45) is 1.70. The molecule has 114 valence electrons. The highest BCUT2D eigenvalue weighted by molar-refractivity contribution is 6.31. The molecule has 2 N–H and O–H groups in total. The van der Waals surface area contributed by atoms with Crippen LogP contribution in [-0.4, -0.2) is 17.6 Å². The van der Waals surface area contributed by atoms with E-state index in [0.29, 0.717) is 11.4 Å². The van der Waals surface area contributed by atoms with Gasteiger partial charge in [0.15, 0.2) is 0 Å². The average molecular weight is 316 g/mol. The van der Waals surface area contributed by atoms with E-state index in [0.717, 1.165) is 23.1 Å². The van der Waals surface area contributed by atoms with Gasteiger partial charge in [-0.05, 0) is 35.6 Å². The Morgan fingerprint density at radius 2 is 1.91 bits per heavy atom. The highest BCUT2D eigenvalue weighted by atomic mass is 35.5. The lowest BCUT2D eigenvalue weighted by atomic mass is 9.96. The zero-order valence-electron chi connectivity index (χ0n) is 12.2. The molecule has 0 aliphatic heterocycles. The van der Waals surface area contributed by atoms with Gasteiger partial charge in [0.1, 0.15) is 5.60 Å². The minimum Gasteiger partial charge on any atom is -0.383 e. The van der Waals surface area contributed by atoms with Crippen molar-refractivity contribution in [2.45, 2.75) is 24.9 Å². The Hall–Kier alpha value is -1.84. The normalized spacial score (nSPS) is 19.7. The number of amides is 1. The monoisotopic (exact) mass is 315 g/mol. The second-order valence-corrected chi connectivity index (χ2v) is 6.14. The highest BCUT2D eigenvalue weighted by Gasteiger charge is 2.36. The van der Waals surface area contributed by atoms with E-state index in [1.54, 1.807) is 6.07 Å². The fourth-order valence-corrected chi connectivity index (χ4v) is 3.18. The van der Waals surface area contributed by atoms with Crippen LogP contribution >= 0.6 is 11.6 Å². The maximum atomic E-state index is 12.1. The van der Waals surface area contributed by atoms with E-state index in [-0.39, 0.29) is 18.9 Å². The van der Waals surface area contributed by atoms with E-state index < -0.39 is 5.60 Å². The van der Waals surface area contributed by atoms with Gasteiger partial charge in [-0.3, -0.25) is 4.79 Å². The van der Waals surface area contributed by atoms with Gasteiger partial charge in [0.2, 0.25) is 5.91 Å². The van der Waals surface area contributed by atoms with Gasteiger partial charge in [-0.1, -0.05) is 54.1 Å². The number of rotatable bonds is 4. The minimum absolute atomic E-state index is 0.133. The van der Waals surface area contributed by atoms with Gasteiger partial charge in [0.05, 0.1) is 13.0 Å². The number of hydrogen-bond acceptors (Lipinski definition) is 2. The van der Waals surface area contributed by atoms with Crippen LogP contribution in [0.2, 0.25) is 5.02 Å². The van der Waals surface area contributed by atoms with E-state index in [4.69, 9.17) is 11.6 Å². The summed E-state index contributed by atoms with van der Waals surface area (Å²) >= 11 is 6.06. The third-order valence-corrected chi connectivity index (χ3v) is 4.58. The summed E-state index contributed by atoms with van der Waals surface area (Å²) in [5.74, 6) is -0.133. The molecule has 0 radical (unpaired) electrons. The first-order valence-electron chi connectivity index (χ1n) is 7.39. The molecule has 4 heteroatoms. The first-order valence-corrected chi connectivity index (χ1v) is 7.77. The Balaban J connectivity index is 1.63. The third kappa shape index (κ3) is 3.01. The summed E-state index contributed by atoms with van der Waals surface area (Å²) in [4.78, 5) is 12.1. The van der Waals surface area contributed by atoms with Gasteiger partial charge >= 0.3 is 0 Å². The Morgan fingerprint density at radius 3 is 2.73 bits per heavy atom. The molecule has 1 atom stereocenters. The van der Waals surface area contributed by atoms with Gasteiger partial charge in [-0.15, -0.1) is 0 Å². The lowest BCUT2D eigenvalue weighted by Gasteiger charge is -2.24. The summed E-state index contributed by atoms with van der Waals surface area (Å²) in [5, 5.41) is 14.2. The lowest BCUT2D eigenvalue weighted by molar-refractivity contribution is -0.121. The van der Waals surface area contributed by atoms with Crippen LogP contribution in [0.15, 0.2) is 48.5 Å². The largest absolute Gasteiger partial charge is 0.383 e. The van der Waals surface area contributed by atoms with Crippen LogP contribution in [0.5, 0.6) is 0 Å². The molecule has 2 aromatic rings. The van der Waals surface area contributed by atoms with Gasteiger partial charge < -0.3 is 10.4 Å². The number of halogens is 1. The van der Waals surface area contributed by atoms with Gasteiger partial charge in [0.25, 0.3) is 0 Å². The van der Waals surface area contributed by atoms with Crippen molar-refractivity contribution >= 4 is 17.5 Å². The van der Waals surface area contributed by atoms with Crippen molar-refractivity contribution in [2.24, 2.45) is 0 Å². The molecule has 1 unspecified atom stereocenters. The van der Waals surface area contributed by atoms with E-state index in [2.05, 4.69) is 5.32 Å². The number of carbonyl (C=O) groups excluding carboxylic acids is 1. The molecule has 0 aromatic heterocycles. The molecule has 22 heavy (non-hydrogen) atoms. The number of hydrogen-bond donors (Lipinski definition) is 2. The Bertz CT molecular complexity index is 701. The first-order chi connectivity index (χ1) is 10.6. The number of carbonyl (C=O) groups is 1. The summed E-state index contributed by atoms with van der Waals surface area (Å²) in [6, 6.07) is 15.1. The van der Waals surface area contributed by atoms with Crippen LogP contribution in [0, 0.1) is 0 Å². The van der Waals surface area contributed by atoms with Crippen molar-refractivity contribution < 1.29 is 9.90 Å². The van der Waals surface area contributed by atoms with E-state index >= 15 is 0 Å². The number of benzene rings is 2. The Morgan fingerprint density at radius 1 is 1.18 bits per heavy atom. The number of aliphatic hydroxyl groups is 1. The number of fused-ring (bicyclic) bond motifs is 1. The quantitative estimate of drug-likeness (QED) is 0.911. The van der Waals surface area contributed by atoms with Crippen LogP contribution in [0.1, 0.15) is 23.1 Å². The second-order valence-electron chi connectivity index (χ2n) is 5.73. The molecule has 2 aromatic carbocycles. The molecule has 3 rings (SSSR count). The molecular formula is C18H18ClNO2. The molecule has 1 aliphatic rings. The number of aryl methyl sites for hydroxylation is 1. The third-order valence-electron chi connectivity index (χ3n) is 4.21. The fraction of sp³-hybridized carbons (Fsp3) is 0.278. The minimum atomic E-state index is -0.966. The Labute approximate surface area is 134 Å². The molecule has 3 nitrogen and oxygen atoms in total. The number of nitrogens with one attached hydrogen (secondary N) is 1. The van der Waals surface area contributed by atoms with Crippen LogP contribution in [-0.2, 0) is 23.2 Å². The molecule has 1 aliphatic carbocycles. The van der Waals surface area contributed by atoms with Gasteiger partial charge in [-0.25, -0.2) is 0 Å². The Kier molecular flexibility index (Phi) is 4.19. The van der Waals surface area contributed by atoms with Gasteiger partial charge in [-0.2, -0.15) is 0 Å². The van der Waals surface area contributed by atoms with E-state index in [1.807, 2.05) is 42.5 Å². The zero-order chi connectivity index (χ0) is 15.6. The maximum absolute atomic E-state index is 12.1. The molecule has 0 fully saturated rings. The first kappa shape index (κ1) is 15.1. The van der Waals surface area contributed by atoms with Crippen molar-refractivity contribution in [3.05, 3.63) is 70.2 Å². The second kappa shape index (κ2) is 6.11.